The van der Waals surface area contributed by atoms with Gasteiger partial charge in [-0.2, -0.15) is 0 Å². The number of furan rings is 1. The third kappa shape index (κ3) is 3.10. The van der Waals surface area contributed by atoms with Crippen molar-refractivity contribution in [3.05, 3.63) is 66.2 Å². The zero-order valence-corrected chi connectivity index (χ0v) is 16.8. The lowest BCUT2D eigenvalue weighted by Crippen LogP contribution is -2.40. The summed E-state index contributed by atoms with van der Waals surface area (Å²) in [5.41, 5.74) is -0.539. The van der Waals surface area contributed by atoms with Crippen molar-refractivity contribution >= 4 is 22.7 Å². The topological polar surface area (TPSA) is 111 Å². The maximum absolute atomic E-state index is 13.2. The molecule has 1 atom stereocenters. The van der Waals surface area contributed by atoms with Crippen LogP contribution in [-0.4, -0.2) is 34.1 Å². The van der Waals surface area contributed by atoms with Gasteiger partial charge in [0.2, 0.25) is 5.89 Å². The van der Waals surface area contributed by atoms with Crippen molar-refractivity contribution in [1.82, 2.24) is 20.4 Å². The average Bonchev–Trinajstić information content (AvgIpc) is 3.51. The van der Waals surface area contributed by atoms with Gasteiger partial charge in [0.15, 0.2) is 5.76 Å². The second-order valence-corrected chi connectivity index (χ2v) is 7.35. The summed E-state index contributed by atoms with van der Waals surface area (Å²) in [6, 6.07) is 14.1. The Balaban J connectivity index is 1.42. The van der Waals surface area contributed by atoms with Crippen molar-refractivity contribution in [3.8, 4) is 17.4 Å². The van der Waals surface area contributed by atoms with E-state index in [-0.39, 0.29) is 18.3 Å². The number of hydrogen-bond donors (Lipinski definition) is 1. The van der Waals surface area contributed by atoms with E-state index in [9.17, 15) is 9.59 Å². The Kier molecular flexibility index (Phi) is 4.25. The lowest BCUT2D eigenvalue weighted by atomic mass is 9.90. The molecule has 0 saturated carbocycles. The van der Waals surface area contributed by atoms with Crippen LogP contribution in [0.5, 0.6) is 5.75 Å². The van der Waals surface area contributed by atoms with Gasteiger partial charge in [0.1, 0.15) is 17.8 Å². The highest BCUT2D eigenvalue weighted by atomic mass is 16.5. The van der Waals surface area contributed by atoms with Crippen LogP contribution in [0.25, 0.3) is 22.4 Å². The molecule has 0 spiro atoms. The van der Waals surface area contributed by atoms with Crippen LogP contribution in [0, 0.1) is 0 Å². The van der Waals surface area contributed by atoms with Crippen molar-refractivity contribution < 1.29 is 23.2 Å². The molecule has 1 N–H and O–H groups in total. The van der Waals surface area contributed by atoms with Gasteiger partial charge in [-0.15, -0.1) is 10.2 Å². The Labute approximate surface area is 176 Å². The molecule has 0 radical (unpaired) electrons. The van der Waals surface area contributed by atoms with Crippen LogP contribution < -0.4 is 10.1 Å². The maximum Gasteiger partial charge on any atom is 0.325 e. The fraction of sp³-hybridized carbons (Fsp3) is 0.182. The number of benzene rings is 2. The maximum atomic E-state index is 13.2. The number of carbonyl (C=O) groups excluding carboxylic acids is 2. The minimum Gasteiger partial charge on any atom is -0.497 e. The highest BCUT2D eigenvalue weighted by Crippen LogP contribution is 2.32. The van der Waals surface area contributed by atoms with Crippen LogP contribution in [0.1, 0.15) is 18.4 Å². The lowest BCUT2D eigenvalue weighted by Gasteiger charge is -2.22. The summed E-state index contributed by atoms with van der Waals surface area (Å²) < 4.78 is 16.0. The van der Waals surface area contributed by atoms with Gasteiger partial charge in [-0.05, 0) is 53.6 Å². The number of hydrogen-bond acceptors (Lipinski definition) is 7. The van der Waals surface area contributed by atoms with Crippen LogP contribution in [0.3, 0.4) is 0 Å². The fourth-order valence-electron chi connectivity index (χ4n) is 3.65. The predicted molar refractivity (Wildman–Crippen MR) is 109 cm³/mol. The van der Waals surface area contributed by atoms with Gasteiger partial charge in [-0.1, -0.05) is 18.2 Å². The molecular weight excluding hydrogens is 400 g/mol. The molecule has 156 valence electrons. The average molecular weight is 418 g/mol. The largest absolute Gasteiger partial charge is 0.497 e. The predicted octanol–water partition coefficient (Wildman–Crippen LogP) is 3.46. The van der Waals surface area contributed by atoms with Gasteiger partial charge in [0.25, 0.3) is 11.8 Å². The van der Waals surface area contributed by atoms with Crippen molar-refractivity contribution in [2.24, 2.45) is 0 Å². The summed E-state index contributed by atoms with van der Waals surface area (Å²) in [6.07, 6.45) is 1.49. The summed E-state index contributed by atoms with van der Waals surface area (Å²) in [5, 5.41) is 12.5. The van der Waals surface area contributed by atoms with E-state index >= 15 is 0 Å². The van der Waals surface area contributed by atoms with E-state index in [2.05, 4.69) is 15.5 Å². The third-order valence-corrected chi connectivity index (χ3v) is 5.39. The van der Waals surface area contributed by atoms with Crippen LogP contribution in [0.2, 0.25) is 0 Å². The molecule has 3 amide bonds. The number of methoxy groups -OCH3 is 1. The van der Waals surface area contributed by atoms with Crippen LogP contribution in [0.4, 0.5) is 4.79 Å². The number of imide groups is 1. The van der Waals surface area contributed by atoms with Gasteiger partial charge in [-0.25, -0.2) is 4.79 Å². The molecule has 9 heteroatoms. The molecule has 2 aromatic heterocycles. The minimum atomic E-state index is -1.21. The first-order valence-electron chi connectivity index (χ1n) is 9.56. The summed E-state index contributed by atoms with van der Waals surface area (Å²) in [4.78, 5) is 26.9. The molecular formula is C22H18N4O5. The number of ether oxygens (including phenoxy) is 1. The SMILES string of the molecule is COc1ccc2cc([C@@]3(C)NC(=O)N(Cc4nnc(-c5ccco5)o4)C3=O)ccc2c1. The number of amides is 3. The molecule has 0 unspecified atom stereocenters. The Morgan fingerprint density at radius 2 is 1.90 bits per heavy atom. The fourth-order valence-corrected chi connectivity index (χ4v) is 3.65. The van der Waals surface area contributed by atoms with E-state index in [4.69, 9.17) is 13.6 Å². The smallest absolute Gasteiger partial charge is 0.325 e. The summed E-state index contributed by atoms with van der Waals surface area (Å²) in [5.74, 6) is 1.07. The molecule has 1 fully saturated rings. The van der Waals surface area contributed by atoms with E-state index in [0.29, 0.717) is 11.3 Å². The van der Waals surface area contributed by atoms with E-state index in [1.807, 2.05) is 36.4 Å². The summed E-state index contributed by atoms with van der Waals surface area (Å²) in [7, 11) is 1.61. The normalized spacial score (nSPS) is 18.6. The van der Waals surface area contributed by atoms with Crippen molar-refractivity contribution in [2.75, 3.05) is 7.11 Å². The monoisotopic (exact) mass is 418 g/mol. The molecule has 3 heterocycles. The molecule has 0 aliphatic carbocycles. The summed E-state index contributed by atoms with van der Waals surface area (Å²) in [6.45, 7) is 1.54. The van der Waals surface area contributed by atoms with Crippen molar-refractivity contribution in [3.63, 3.8) is 0 Å². The number of nitrogens with zero attached hydrogens (tertiary/aromatic N) is 3. The van der Waals surface area contributed by atoms with Gasteiger partial charge in [0.05, 0.1) is 13.4 Å². The molecule has 1 aliphatic heterocycles. The van der Waals surface area contributed by atoms with Crippen molar-refractivity contribution in [1.29, 1.82) is 0 Å². The second-order valence-electron chi connectivity index (χ2n) is 7.35. The minimum absolute atomic E-state index is 0.129. The summed E-state index contributed by atoms with van der Waals surface area (Å²) >= 11 is 0. The zero-order chi connectivity index (χ0) is 21.6. The number of nitrogens with one attached hydrogen (secondary N) is 1. The van der Waals surface area contributed by atoms with Gasteiger partial charge in [-0.3, -0.25) is 9.69 Å². The molecule has 9 nitrogen and oxygen atoms in total. The van der Waals surface area contributed by atoms with Crippen LogP contribution >= 0.6 is 0 Å². The van der Waals surface area contributed by atoms with E-state index in [0.717, 1.165) is 21.4 Å². The number of fused-ring (bicyclic) bond motifs is 1. The molecule has 2 aromatic carbocycles. The van der Waals surface area contributed by atoms with Gasteiger partial charge < -0.3 is 18.9 Å². The Bertz CT molecular complexity index is 1300. The number of aromatic nitrogens is 2. The van der Waals surface area contributed by atoms with Gasteiger partial charge >= 0.3 is 6.03 Å². The zero-order valence-electron chi connectivity index (χ0n) is 16.8. The molecule has 4 aromatic rings. The highest BCUT2D eigenvalue weighted by molar-refractivity contribution is 6.07. The molecule has 1 aliphatic rings. The van der Waals surface area contributed by atoms with Crippen LogP contribution in [0.15, 0.2) is 63.6 Å². The number of carbonyl (C=O) groups is 2. The molecule has 1 saturated heterocycles. The highest BCUT2D eigenvalue weighted by Gasteiger charge is 2.49. The standard InChI is InChI=1S/C22H18N4O5/c1-22(15-7-5-14-11-16(29-2)8-6-13(14)10-15)20(27)26(21(28)23-22)12-18-24-25-19(31-18)17-4-3-9-30-17/h3-11H,12H2,1-2H3,(H,23,28)/t22-/m1/s1. The number of rotatable bonds is 5. The van der Waals surface area contributed by atoms with Crippen LogP contribution in [-0.2, 0) is 16.9 Å². The Morgan fingerprint density at radius 1 is 1.10 bits per heavy atom. The quantitative estimate of drug-likeness (QED) is 0.494. The Morgan fingerprint density at radius 3 is 2.68 bits per heavy atom. The van der Waals surface area contributed by atoms with E-state index in [1.54, 1.807) is 26.2 Å². The molecule has 31 heavy (non-hydrogen) atoms. The third-order valence-electron chi connectivity index (χ3n) is 5.39. The number of urea groups is 1. The molecule has 5 rings (SSSR count). The first-order chi connectivity index (χ1) is 15.0. The van der Waals surface area contributed by atoms with E-state index in [1.165, 1.54) is 6.26 Å². The first-order valence-corrected chi connectivity index (χ1v) is 9.56. The Hall–Kier alpha value is -4.14. The molecule has 0 bridgehead atoms. The first kappa shape index (κ1) is 18.9. The second kappa shape index (κ2) is 6.98. The van der Waals surface area contributed by atoms with Crippen molar-refractivity contribution in [2.45, 2.75) is 19.0 Å². The van der Waals surface area contributed by atoms with E-state index < -0.39 is 17.5 Å². The lowest BCUT2D eigenvalue weighted by molar-refractivity contribution is -0.131. The van der Waals surface area contributed by atoms with Gasteiger partial charge in [0, 0.05) is 0 Å².